The zero-order valence-electron chi connectivity index (χ0n) is 39.6. The lowest BCUT2D eigenvalue weighted by Crippen LogP contribution is -2.45. The second-order valence-electron chi connectivity index (χ2n) is 18.0. The van der Waals surface area contributed by atoms with Crippen molar-refractivity contribution in [2.75, 3.05) is 53.9 Å². The first-order valence-corrected chi connectivity index (χ1v) is 23.3. The van der Waals surface area contributed by atoms with Crippen molar-refractivity contribution in [1.29, 1.82) is 0 Å². The summed E-state index contributed by atoms with van der Waals surface area (Å²) in [4.78, 5) is 73.4. The Balaban J connectivity index is 1.47. The molecule has 2 saturated carbocycles. The molecule has 2 fully saturated rings. The summed E-state index contributed by atoms with van der Waals surface area (Å²) < 4.78 is 42.8. The Kier molecular flexibility index (Phi) is 21.7. The van der Waals surface area contributed by atoms with E-state index in [0.29, 0.717) is 36.7 Å². The maximum atomic E-state index is 12.6. The predicted molar refractivity (Wildman–Crippen MR) is 246 cm³/mol. The van der Waals surface area contributed by atoms with Crippen LogP contribution in [0.1, 0.15) is 110 Å². The minimum Gasteiger partial charge on any atom is -0.493 e. The second kappa shape index (κ2) is 27.1. The van der Waals surface area contributed by atoms with E-state index in [-0.39, 0.29) is 17.8 Å². The summed E-state index contributed by atoms with van der Waals surface area (Å²) in [5.41, 5.74) is 1.11. The fourth-order valence-electron chi connectivity index (χ4n) is 8.61. The van der Waals surface area contributed by atoms with E-state index in [1.807, 2.05) is 36.4 Å². The number of ether oxygens (including phenoxy) is 8. The van der Waals surface area contributed by atoms with Crippen LogP contribution in [0.25, 0.3) is 11.1 Å². The van der Waals surface area contributed by atoms with Gasteiger partial charge in [-0.05, 0) is 130 Å². The number of carbonyl (C=O) groups is 6. The summed E-state index contributed by atoms with van der Waals surface area (Å²) in [6, 6.07) is 13.4. The molecule has 2 aliphatic carbocycles. The van der Waals surface area contributed by atoms with Crippen molar-refractivity contribution in [3.05, 3.63) is 72.3 Å². The van der Waals surface area contributed by atoms with Crippen LogP contribution in [0.2, 0.25) is 0 Å². The Morgan fingerprint density at radius 2 is 1.09 bits per heavy atom. The lowest BCUT2D eigenvalue weighted by molar-refractivity contribution is -0.177. The third-order valence-electron chi connectivity index (χ3n) is 12.7. The van der Waals surface area contributed by atoms with Crippen molar-refractivity contribution in [1.82, 2.24) is 0 Å². The lowest BCUT2D eigenvalue weighted by atomic mass is 9.69. The maximum Gasteiger partial charge on any atom is 0.417 e. The molecule has 2 aromatic carbocycles. The largest absolute Gasteiger partial charge is 0.493 e. The number of methoxy groups -OCH3 is 2. The smallest absolute Gasteiger partial charge is 0.417 e. The highest BCUT2D eigenvalue weighted by atomic mass is 16.6. The van der Waals surface area contributed by atoms with Crippen LogP contribution in [-0.4, -0.2) is 89.7 Å². The van der Waals surface area contributed by atoms with E-state index in [1.54, 1.807) is 13.0 Å². The number of benzene rings is 2. The van der Waals surface area contributed by atoms with Crippen molar-refractivity contribution in [3.8, 4) is 22.6 Å². The minimum absolute atomic E-state index is 0.0468. The summed E-state index contributed by atoms with van der Waals surface area (Å²) in [7, 11) is 1.98. The molecule has 0 bridgehead atoms. The summed E-state index contributed by atoms with van der Waals surface area (Å²) in [6.07, 6.45) is 16.9. The molecule has 2 aliphatic rings. The Hall–Kier alpha value is -5.66. The third kappa shape index (κ3) is 17.0. The molecule has 14 heteroatoms. The average Bonchev–Trinajstić information content (AvgIpc) is 3.33. The minimum atomic E-state index is -1.67. The number of aryl methyl sites for hydroxylation is 1. The van der Waals surface area contributed by atoms with Crippen molar-refractivity contribution in [2.24, 2.45) is 29.1 Å². The fourth-order valence-corrected chi connectivity index (χ4v) is 8.61. The van der Waals surface area contributed by atoms with Crippen LogP contribution in [0.3, 0.4) is 0 Å². The number of unbranched alkanes of at least 4 members (excludes halogenated alkanes) is 2. The van der Waals surface area contributed by atoms with Gasteiger partial charge in [-0.2, -0.15) is 0 Å². The molecule has 0 radical (unpaired) electrons. The molecule has 14 nitrogen and oxygen atoms in total. The van der Waals surface area contributed by atoms with Crippen molar-refractivity contribution in [2.45, 2.75) is 111 Å². The van der Waals surface area contributed by atoms with Gasteiger partial charge in [-0.25, -0.2) is 28.8 Å². The molecule has 2 aromatic rings. The SMILES string of the molecule is C=C(C)C(=O)OCCCc1cc(-c2ccc(OCC3CCC(C4CCC(CCCCC)CC4)CC3)cc2)ccc1OCC(COC(=O)C(=C)C)(COC(=O)C(=O)OC)COC(=O)C(=O)OC. The Bertz CT molecular complexity index is 1920. The van der Waals surface area contributed by atoms with Gasteiger partial charge in [-0.3, -0.25) is 0 Å². The number of esters is 6. The highest BCUT2D eigenvalue weighted by Crippen LogP contribution is 2.42. The van der Waals surface area contributed by atoms with Crippen LogP contribution in [-0.2, 0) is 63.6 Å². The van der Waals surface area contributed by atoms with Gasteiger partial charge in [0.15, 0.2) is 0 Å². The lowest BCUT2D eigenvalue weighted by Gasteiger charge is -2.38. The molecule has 0 atom stereocenters. The van der Waals surface area contributed by atoms with Crippen LogP contribution in [0.15, 0.2) is 66.8 Å². The molecule has 66 heavy (non-hydrogen) atoms. The van der Waals surface area contributed by atoms with Crippen molar-refractivity contribution >= 4 is 35.8 Å². The van der Waals surface area contributed by atoms with E-state index in [9.17, 15) is 28.8 Å². The average molecular weight is 919 g/mol. The van der Waals surface area contributed by atoms with Gasteiger partial charge in [-0.1, -0.05) is 76.8 Å². The van der Waals surface area contributed by atoms with Gasteiger partial charge in [0.25, 0.3) is 0 Å². The third-order valence-corrected chi connectivity index (χ3v) is 12.7. The van der Waals surface area contributed by atoms with Crippen LogP contribution in [0, 0.1) is 29.1 Å². The maximum absolute atomic E-state index is 12.6. The topological polar surface area (TPSA) is 176 Å². The number of rotatable bonds is 24. The molecule has 0 aromatic heterocycles. The van der Waals surface area contributed by atoms with E-state index in [1.165, 1.54) is 84.0 Å². The quantitative estimate of drug-likeness (QED) is 0.0321. The van der Waals surface area contributed by atoms with Crippen LogP contribution in [0.4, 0.5) is 0 Å². The molecule has 0 amide bonds. The van der Waals surface area contributed by atoms with E-state index in [2.05, 4.69) is 29.6 Å². The molecule has 4 rings (SSSR count). The summed E-state index contributed by atoms with van der Waals surface area (Å²) in [5, 5.41) is 0. The number of carbonyl (C=O) groups excluding carboxylic acids is 6. The Morgan fingerprint density at radius 1 is 0.576 bits per heavy atom. The van der Waals surface area contributed by atoms with Crippen LogP contribution < -0.4 is 9.47 Å². The predicted octanol–water partition coefficient (Wildman–Crippen LogP) is 8.89. The van der Waals surface area contributed by atoms with Gasteiger partial charge < -0.3 is 37.9 Å². The molecule has 0 N–H and O–H groups in total. The molecule has 0 unspecified atom stereocenters. The Morgan fingerprint density at radius 3 is 1.62 bits per heavy atom. The number of hydrogen-bond donors (Lipinski definition) is 0. The first-order chi connectivity index (χ1) is 31.7. The zero-order valence-corrected chi connectivity index (χ0v) is 39.6. The van der Waals surface area contributed by atoms with E-state index in [4.69, 9.17) is 28.4 Å². The number of hydrogen-bond acceptors (Lipinski definition) is 14. The molecule has 362 valence electrons. The van der Waals surface area contributed by atoms with Gasteiger partial charge in [-0.15, -0.1) is 0 Å². The zero-order chi connectivity index (χ0) is 48.1. The normalized spacial score (nSPS) is 18.2. The first kappa shape index (κ1) is 53.0. The highest BCUT2D eigenvalue weighted by Gasteiger charge is 2.39. The molecule has 0 heterocycles. The monoisotopic (exact) mass is 918 g/mol. The molecular weight excluding hydrogens is 849 g/mol. The molecular formula is C52H70O14. The van der Waals surface area contributed by atoms with E-state index >= 15 is 0 Å². The summed E-state index contributed by atoms with van der Waals surface area (Å²) in [5.74, 6) is -2.30. The Labute approximate surface area is 390 Å². The standard InChI is InChI=1S/C52H70O14/c1-8-9-10-12-37-14-18-39(19-15-37)40-20-16-38(17-21-40)30-62-44-25-22-41(23-26-44)42-24-27-45(43(29-42)13-11-28-61-46(53)35(2)3)63-31-52(32-64-47(54)36(4)5,33-65-50(57)48(55)59-6)34-66-51(58)49(56)60-7/h22-27,29,37-40H,2,4,8-21,28,30-34H2,1,3,5-7H3. The van der Waals surface area contributed by atoms with Gasteiger partial charge >= 0.3 is 35.8 Å². The van der Waals surface area contributed by atoms with Gasteiger partial charge in [0, 0.05) is 11.1 Å². The van der Waals surface area contributed by atoms with Gasteiger partial charge in [0.1, 0.15) is 43.3 Å². The highest BCUT2D eigenvalue weighted by molar-refractivity contribution is 6.30. The van der Waals surface area contributed by atoms with E-state index < -0.39 is 67.7 Å². The first-order valence-electron chi connectivity index (χ1n) is 23.3. The summed E-state index contributed by atoms with van der Waals surface area (Å²) >= 11 is 0. The summed E-state index contributed by atoms with van der Waals surface area (Å²) in [6.45, 7) is 10.9. The molecule has 0 spiro atoms. The fraction of sp³-hybridized carbons (Fsp3) is 0.577. The molecule has 0 aliphatic heterocycles. The second-order valence-corrected chi connectivity index (χ2v) is 18.0. The molecule has 0 saturated heterocycles. The van der Waals surface area contributed by atoms with Crippen molar-refractivity contribution < 1.29 is 66.7 Å². The van der Waals surface area contributed by atoms with Gasteiger partial charge in [0.05, 0.1) is 27.4 Å². The van der Waals surface area contributed by atoms with E-state index in [0.717, 1.165) is 48.8 Å². The van der Waals surface area contributed by atoms with Crippen LogP contribution in [0.5, 0.6) is 11.5 Å². The van der Waals surface area contributed by atoms with Crippen molar-refractivity contribution in [3.63, 3.8) is 0 Å². The van der Waals surface area contributed by atoms with Crippen LogP contribution >= 0.6 is 0 Å². The van der Waals surface area contributed by atoms with Gasteiger partial charge in [0.2, 0.25) is 0 Å².